The molecular weight excluding hydrogens is 287 g/mol. The van der Waals surface area contributed by atoms with Gasteiger partial charge in [-0.15, -0.1) is 10.2 Å². The smallest absolute Gasteiger partial charge is 0.165 e. The van der Waals surface area contributed by atoms with Crippen molar-refractivity contribution in [2.45, 2.75) is 13.1 Å². The molecule has 1 aromatic carbocycles. The number of rotatable bonds is 5. The van der Waals surface area contributed by atoms with E-state index in [0.29, 0.717) is 41.4 Å². The lowest BCUT2D eigenvalue weighted by Crippen LogP contribution is -2.12. The van der Waals surface area contributed by atoms with Gasteiger partial charge in [-0.1, -0.05) is 23.2 Å². The van der Waals surface area contributed by atoms with Gasteiger partial charge in [0.05, 0.1) is 18.2 Å². The van der Waals surface area contributed by atoms with Crippen molar-refractivity contribution in [2.75, 3.05) is 13.7 Å². The van der Waals surface area contributed by atoms with E-state index in [1.807, 2.05) is 4.57 Å². The van der Waals surface area contributed by atoms with Crippen LogP contribution in [0.25, 0.3) is 11.4 Å². The number of benzene rings is 1. The second kappa shape index (κ2) is 6.34. The Morgan fingerprint density at radius 2 is 2.11 bits per heavy atom. The van der Waals surface area contributed by atoms with E-state index in [4.69, 9.17) is 33.7 Å². The lowest BCUT2D eigenvalue weighted by Gasteiger charge is -2.10. The predicted molar refractivity (Wildman–Crippen MR) is 75.2 cm³/mol. The first kappa shape index (κ1) is 14.3. The van der Waals surface area contributed by atoms with Crippen LogP contribution in [0.4, 0.5) is 0 Å². The SMILES string of the molecule is COCCn1c(CN)nnc1-c1cc(Cl)ccc1Cl. The fraction of sp³-hybridized carbons (Fsp3) is 0.333. The minimum Gasteiger partial charge on any atom is -0.383 e. The number of ether oxygens (including phenoxy) is 1. The first-order chi connectivity index (χ1) is 9.17. The number of nitrogens with zero attached hydrogens (tertiary/aromatic N) is 3. The highest BCUT2D eigenvalue weighted by Crippen LogP contribution is 2.29. The molecule has 2 N–H and O–H groups in total. The summed E-state index contributed by atoms with van der Waals surface area (Å²) >= 11 is 12.2. The van der Waals surface area contributed by atoms with Crippen LogP contribution < -0.4 is 5.73 Å². The van der Waals surface area contributed by atoms with Crippen molar-refractivity contribution in [2.24, 2.45) is 5.73 Å². The highest BCUT2D eigenvalue weighted by Gasteiger charge is 2.15. The van der Waals surface area contributed by atoms with E-state index >= 15 is 0 Å². The Hall–Kier alpha value is -1.14. The van der Waals surface area contributed by atoms with E-state index in [1.54, 1.807) is 25.3 Å². The van der Waals surface area contributed by atoms with Crippen LogP contribution in [-0.4, -0.2) is 28.5 Å². The first-order valence-corrected chi connectivity index (χ1v) is 6.49. The predicted octanol–water partition coefficient (Wildman–Crippen LogP) is 2.36. The van der Waals surface area contributed by atoms with Gasteiger partial charge in [0.2, 0.25) is 0 Å². The summed E-state index contributed by atoms with van der Waals surface area (Å²) in [7, 11) is 1.64. The Kier molecular flexibility index (Phi) is 4.76. The van der Waals surface area contributed by atoms with Gasteiger partial charge in [0.15, 0.2) is 5.82 Å². The summed E-state index contributed by atoms with van der Waals surface area (Å²) in [5, 5.41) is 9.37. The molecule has 0 radical (unpaired) electrons. The van der Waals surface area contributed by atoms with Gasteiger partial charge < -0.3 is 15.0 Å². The fourth-order valence-electron chi connectivity index (χ4n) is 1.77. The summed E-state index contributed by atoms with van der Waals surface area (Å²) < 4.78 is 6.97. The minimum absolute atomic E-state index is 0.300. The van der Waals surface area contributed by atoms with Gasteiger partial charge in [0.25, 0.3) is 0 Å². The normalized spacial score (nSPS) is 10.9. The Bertz CT molecular complexity index is 571. The van der Waals surface area contributed by atoms with E-state index in [9.17, 15) is 0 Å². The Labute approximate surface area is 121 Å². The van der Waals surface area contributed by atoms with E-state index in [1.165, 1.54) is 0 Å². The van der Waals surface area contributed by atoms with Gasteiger partial charge >= 0.3 is 0 Å². The number of halogens is 2. The average Bonchev–Trinajstić information content (AvgIpc) is 2.81. The van der Waals surface area contributed by atoms with Crippen LogP contribution in [0, 0.1) is 0 Å². The molecule has 0 bridgehead atoms. The van der Waals surface area contributed by atoms with Crippen LogP contribution in [0.15, 0.2) is 18.2 Å². The van der Waals surface area contributed by atoms with Crippen molar-refractivity contribution in [3.05, 3.63) is 34.1 Å². The summed E-state index contributed by atoms with van der Waals surface area (Å²) in [6.07, 6.45) is 0. The fourth-order valence-corrected chi connectivity index (χ4v) is 2.15. The molecule has 0 aliphatic rings. The van der Waals surface area contributed by atoms with Gasteiger partial charge in [-0.2, -0.15) is 0 Å². The molecule has 1 aromatic heterocycles. The number of hydrogen-bond donors (Lipinski definition) is 1. The largest absolute Gasteiger partial charge is 0.383 e. The van der Waals surface area contributed by atoms with Crippen molar-refractivity contribution < 1.29 is 4.74 Å². The van der Waals surface area contributed by atoms with Crippen molar-refractivity contribution in [3.8, 4) is 11.4 Å². The zero-order valence-electron chi connectivity index (χ0n) is 10.4. The molecule has 0 fully saturated rings. The summed E-state index contributed by atoms with van der Waals surface area (Å²) in [6.45, 7) is 1.44. The summed E-state index contributed by atoms with van der Waals surface area (Å²) in [4.78, 5) is 0. The topological polar surface area (TPSA) is 66.0 Å². The standard InChI is InChI=1S/C12H14Cl2N4O/c1-19-5-4-18-11(7-15)16-17-12(18)9-6-8(13)2-3-10(9)14/h2-3,6H,4-5,7,15H2,1H3. The molecule has 2 aromatic rings. The van der Waals surface area contributed by atoms with Gasteiger partial charge in [-0.25, -0.2) is 0 Å². The third kappa shape index (κ3) is 3.06. The molecule has 102 valence electrons. The summed E-state index contributed by atoms with van der Waals surface area (Å²) in [5.41, 5.74) is 6.39. The molecule has 5 nitrogen and oxygen atoms in total. The molecule has 0 unspecified atom stereocenters. The number of methoxy groups -OCH3 is 1. The molecule has 2 rings (SSSR count). The molecule has 0 spiro atoms. The maximum atomic E-state index is 6.19. The van der Waals surface area contributed by atoms with Crippen LogP contribution >= 0.6 is 23.2 Å². The van der Waals surface area contributed by atoms with Crippen LogP contribution in [0.1, 0.15) is 5.82 Å². The molecular formula is C12H14Cl2N4O. The second-order valence-electron chi connectivity index (χ2n) is 3.91. The highest BCUT2D eigenvalue weighted by molar-refractivity contribution is 6.35. The zero-order chi connectivity index (χ0) is 13.8. The highest BCUT2D eigenvalue weighted by atomic mass is 35.5. The Balaban J connectivity index is 2.49. The number of aromatic nitrogens is 3. The first-order valence-electron chi connectivity index (χ1n) is 5.74. The van der Waals surface area contributed by atoms with Gasteiger partial charge in [-0.3, -0.25) is 0 Å². The van der Waals surface area contributed by atoms with Crippen LogP contribution in [-0.2, 0) is 17.8 Å². The Morgan fingerprint density at radius 1 is 1.32 bits per heavy atom. The maximum Gasteiger partial charge on any atom is 0.165 e. The van der Waals surface area contributed by atoms with E-state index in [2.05, 4.69) is 10.2 Å². The molecule has 1 heterocycles. The number of hydrogen-bond acceptors (Lipinski definition) is 4. The lowest BCUT2D eigenvalue weighted by molar-refractivity contribution is 0.186. The number of nitrogens with two attached hydrogens (primary N) is 1. The summed E-state index contributed by atoms with van der Waals surface area (Å²) in [5.74, 6) is 1.33. The zero-order valence-corrected chi connectivity index (χ0v) is 11.9. The molecule has 0 aliphatic heterocycles. The van der Waals surface area contributed by atoms with Crippen LogP contribution in [0.2, 0.25) is 10.0 Å². The van der Waals surface area contributed by atoms with E-state index in [0.717, 1.165) is 5.56 Å². The molecule has 0 aliphatic carbocycles. The quantitative estimate of drug-likeness (QED) is 0.920. The van der Waals surface area contributed by atoms with Crippen LogP contribution in [0.5, 0.6) is 0 Å². The maximum absolute atomic E-state index is 6.19. The molecule has 7 heteroatoms. The van der Waals surface area contributed by atoms with Crippen molar-refractivity contribution >= 4 is 23.2 Å². The van der Waals surface area contributed by atoms with Crippen molar-refractivity contribution in [1.82, 2.24) is 14.8 Å². The molecule has 0 saturated carbocycles. The molecule has 0 amide bonds. The van der Waals surface area contributed by atoms with Crippen LogP contribution in [0.3, 0.4) is 0 Å². The van der Waals surface area contributed by atoms with Crippen molar-refractivity contribution in [1.29, 1.82) is 0 Å². The molecule has 0 atom stereocenters. The Morgan fingerprint density at radius 3 is 2.79 bits per heavy atom. The van der Waals surface area contributed by atoms with Gasteiger partial charge in [0.1, 0.15) is 5.82 Å². The van der Waals surface area contributed by atoms with E-state index in [-0.39, 0.29) is 0 Å². The van der Waals surface area contributed by atoms with Gasteiger partial charge in [0, 0.05) is 24.2 Å². The van der Waals surface area contributed by atoms with E-state index < -0.39 is 0 Å². The second-order valence-corrected chi connectivity index (χ2v) is 4.76. The summed E-state index contributed by atoms with van der Waals surface area (Å²) in [6, 6.07) is 5.22. The average molecular weight is 301 g/mol. The third-order valence-electron chi connectivity index (χ3n) is 2.70. The molecule has 19 heavy (non-hydrogen) atoms. The monoisotopic (exact) mass is 300 g/mol. The molecule has 0 saturated heterocycles. The van der Waals surface area contributed by atoms with Crippen molar-refractivity contribution in [3.63, 3.8) is 0 Å². The third-order valence-corrected chi connectivity index (χ3v) is 3.26. The minimum atomic E-state index is 0.300. The van der Waals surface area contributed by atoms with Gasteiger partial charge in [-0.05, 0) is 18.2 Å². The lowest BCUT2D eigenvalue weighted by atomic mass is 10.2.